The molecule has 1 aliphatic carbocycles. The van der Waals surface area contributed by atoms with E-state index in [9.17, 15) is 9.59 Å². The van der Waals surface area contributed by atoms with Gasteiger partial charge in [0.25, 0.3) is 5.56 Å². The highest BCUT2D eigenvalue weighted by Gasteiger charge is 2.55. The average Bonchev–Trinajstić information content (AvgIpc) is 3.23. The Morgan fingerprint density at radius 1 is 1.42 bits per heavy atom. The van der Waals surface area contributed by atoms with Crippen LogP contribution in [0.4, 0.5) is 4.39 Å². The van der Waals surface area contributed by atoms with E-state index in [-0.39, 0.29) is 22.5 Å². The fourth-order valence-electron chi connectivity index (χ4n) is 4.95. The fraction of sp³-hybridized carbons (Fsp3) is 0.760. The van der Waals surface area contributed by atoms with Crippen LogP contribution in [0.25, 0.3) is 0 Å². The first-order valence-electron chi connectivity index (χ1n) is 13.0. The first kappa shape index (κ1) is 30.4. The number of ether oxygens (including phenoxy) is 1. The number of aromatic nitrogens is 2. The van der Waals surface area contributed by atoms with E-state index < -0.39 is 49.9 Å². The summed E-state index contributed by atoms with van der Waals surface area (Å²) < 4.78 is 42.2. The summed E-state index contributed by atoms with van der Waals surface area (Å²) >= 11 is 7.51. The minimum atomic E-state index is -2.73. The van der Waals surface area contributed by atoms with E-state index in [2.05, 4.69) is 46.2 Å². The van der Waals surface area contributed by atoms with Gasteiger partial charge in [-0.25, -0.2) is 9.18 Å². The Morgan fingerprint density at radius 2 is 2.11 bits per heavy atom. The van der Waals surface area contributed by atoms with Gasteiger partial charge in [-0.1, -0.05) is 44.3 Å². The van der Waals surface area contributed by atoms with Crippen LogP contribution in [0.5, 0.6) is 0 Å². The van der Waals surface area contributed by atoms with E-state index in [1.807, 2.05) is 13.1 Å². The topological polar surface area (TPSA) is 91.8 Å². The second-order valence-corrected chi connectivity index (χ2v) is 23.8. The van der Waals surface area contributed by atoms with Gasteiger partial charge in [-0.15, -0.1) is 0 Å². The Bertz CT molecular complexity index is 1240. The van der Waals surface area contributed by atoms with Crippen molar-refractivity contribution in [1.82, 2.24) is 9.55 Å². The standard InChI is InChI=1S/C25H40FN2O6PS2Si/c1-15(2)16-9-11-25(6)18(13-16)33-35(36,37-25)31-14-17-21(34-38(7,8)24(3,4)5)20(26)22(32-17)28-12-10-19(29)27-23(28)30/h10,12,16-18,20-22H,1,9,11,13-14H2,2-8H3,(H,27,29,30)/t16-,17-,18+,20-,21-,22-,25+,35+/m1/s1. The summed E-state index contributed by atoms with van der Waals surface area (Å²) in [7, 11) is -2.42. The maximum Gasteiger partial charge on any atom is 0.330 e. The van der Waals surface area contributed by atoms with Crippen LogP contribution < -0.4 is 11.2 Å². The van der Waals surface area contributed by atoms with Crippen molar-refractivity contribution in [2.75, 3.05) is 6.61 Å². The number of rotatable bonds is 7. The largest absolute Gasteiger partial charge is 0.408 e. The van der Waals surface area contributed by atoms with Crippen LogP contribution in [-0.4, -0.2) is 53.7 Å². The summed E-state index contributed by atoms with van der Waals surface area (Å²) in [5, 5.41) is -0.175. The van der Waals surface area contributed by atoms with Gasteiger partial charge in [0.1, 0.15) is 12.2 Å². The van der Waals surface area contributed by atoms with Crippen molar-refractivity contribution < 1.29 is 22.6 Å². The monoisotopic (exact) mass is 606 g/mol. The molecule has 4 rings (SSSR count). The number of aromatic amines is 1. The third-order valence-electron chi connectivity index (χ3n) is 8.47. The van der Waals surface area contributed by atoms with Gasteiger partial charge >= 0.3 is 5.69 Å². The molecule has 0 radical (unpaired) electrons. The fourth-order valence-corrected chi connectivity index (χ4v) is 13.4. The molecular weight excluding hydrogens is 566 g/mol. The molecule has 0 spiro atoms. The Kier molecular flexibility index (Phi) is 8.53. The number of H-pyrrole nitrogens is 1. The molecule has 0 unspecified atom stereocenters. The summed E-state index contributed by atoms with van der Waals surface area (Å²) in [6.07, 6.45) is -0.633. The molecule has 38 heavy (non-hydrogen) atoms. The second kappa shape index (κ2) is 10.7. The lowest BCUT2D eigenvalue weighted by Crippen LogP contribution is -2.49. The van der Waals surface area contributed by atoms with Crippen molar-refractivity contribution >= 4 is 37.2 Å². The number of hydrogen-bond acceptors (Lipinski definition) is 8. The van der Waals surface area contributed by atoms with Crippen molar-refractivity contribution in [2.45, 2.75) is 107 Å². The molecule has 214 valence electrons. The maximum atomic E-state index is 16.0. The third kappa shape index (κ3) is 6.03. The van der Waals surface area contributed by atoms with Gasteiger partial charge < -0.3 is 18.2 Å². The molecule has 3 fully saturated rings. The summed E-state index contributed by atoms with van der Waals surface area (Å²) in [5.41, 5.74) is -2.88. The van der Waals surface area contributed by atoms with Crippen LogP contribution in [0.3, 0.4) is 0 Å². The molecule has 2 aliphatic heterocycles. The number of nitrogens with zero attached hydrogens (tertiary/aromatic N) is 1. The van der Waals surface area contributed by atoms with E-state index in [0.29, 0.717) is 5.92 Å². The molecule has 0 amide bonds. The van der Waals surface area contributed by atoms with Gasteiger partial charge in [0, 0.05) is 17.0 Å². The number of hydrogen-bond donors (Lipinski definition) is 1. The van der Waals surface area contributed by atoms with Crippen LogP contribution in [0.15, 0.2) is 34.0 Å². The minimum Gasteiger partial charge on any atom is -0.408 e. The van der Waals surface area contributed by atoms with Gasteiger partial charge in [0.15, 0.2) is 20.7 Å². The van der Waals surface area contributed by atoms with E-state index in [4.69, 9.17) is 30.0 Å². The summed E-state index contributed by atoms with van der Waals surface area (Å²) in [4.78, 5) is 26.2. The Morgan fingerprint density at radius 3 is 2.71 bits per heavy atom. The third-order valence-corrected chi connectivity index (χ3v) is 18.8. The molecule has 1 N–H and O–H groups in total. The first-order valence-corrected chi connectivity index (χ1v) is 20.0. The molecule has 2 saturated heterocycles. The van der Waals surface area contributed by atoms with Crippen LogP contribution in [-0.2, 0) is 30.0 Å². The van der Waals surface area contributed by atoms with Crippen LogP contribution in [0.1, 0.15) is 60.1 Å². The van der Waals surface area contributed by atoms with Crippen molar-refractivity contribution in [3.05, 3.63) is 45.3 Å². The zero-order chi connectivity index (χ0) is 28.3. The molecular formula is C25H40FN2O6PS2Si. The Hall–Kier alpha value is -0.593. The van der Waals surface area contributed by atoms with Crippen LogP contribution in [0.2, 0.25) is 18.1 Å². The molecule has 13 heteroatoms. The Labute approximate surface area is 234 Å². The number of nitrogens with one attached hydrogen (secondary N) is 1. The zero-order valence-electron chi connectivity index (χ0n) is 23.2. The zero-order valence-corrected chi connectivity index (χ0v) is 26.7. The molecule has 1 aromatic rings. The SMILES string of the molecule is C=C(C)[C@@H]1CC[C@]2(C)S[P@@](=S)(OC[C@H]3O[C@@H](n4ccc(=O)[nH]c4=O)[C@H](F)[C@@H]3O[Si](C)(C)C(C)(C)C)O[C@H]2C1. The molecule has 1 aromatic heterocycles. The predicted octanol–water partition coefficient (Wildman–Crippen LogP) is 5.67. The number of halogens is 1. The molecule has 3 heterocycles. The van der Waals surface area contributed by atoms with Gasteiger partial charge in [-0.2, -0.15) is 0 Å². The maximum absolute atomic E-state index is 16.0. The lowest BCUT2D eigenvalue weighted by Gasteiger charge is -2.39. The van der Waals surface area contributed by atoms with Gasteiger partial charge in [0.2, 0.25) is 5.69 Å². The predicted molar refractivity (Wildman–Crippen MR) is 155 cm³/mol. The highest BCUT2D eigenvalue weighted by molar-refractivity contribution is 8.68. The van der Waals surface area contributed by atoms with Gasteiger partial charge in [0.05, 0.1) is 12.7 Å². The van der Waals surface area contributed by atoms with Crippen molar-refractivity contribution in [3.8, 4) is 0 Å². The number of fused-ring (bicyclic) bond motifs is 1. The van der Waals surface area contributed by atoms with Gasteiger partial charge in [-0.05, 0) is 69.0 Å². The van der Waals surface area contributed by atoms with Crippen LogP contribution in [0, 0.1) is 5.92 Å². The van der Waals surface area contributed by atoms with E-state index in [1.54, 1.807) is 11.4 Å². The molecule has 1 saturated carbocycles. The lowest BCUT2D eigenvalue weighted by atomic mass is 9.77. The van der Waals surface area contributed by atoms with Crippen molar-refractivity contribution in [3.63, 3.8) is 0 Å². The average molecular weight is 607 g/mol. The molecule has 3 aliphatic rings. The quantitative estimate of drug-likeness (QED) is 0.241. The molecule has 0 bridgehead atoms. The normalized spacial score (nSPS) is 37.8. The number of allylic oxidation sites excluding steroid dienone is 1. The van der Waals surface area contributed by atoms with Gasteiger partial charge in [-0.3, -0.25) is 14.3 Å². The highest BCUT2D eigenvalue weighted by atomic mass is 32.9. The van der Waals surface area contributed by atoms with Crippen molar-refractivity contribution in [1.29, 1.82) is 0 Å². The summed E-state index contributed by atoms with van der Waals surface area (Å²) in [6, 6.07) is 1.17. The first-order chi connectivity index (χ1) is 17.4. The minimum absolute atomic E-state index is 0.0225. The molecule has 8 nitrogen and oxygen atoms in total. The van der Waals surface area contributed by atoms with E-state index in [1.165, 1.54) is 12.3 Å². The summed E-state index contributed by atoms with van der Waals surface area (Å²) in [6.45, 7) is 18.6. The number of alkyl halides is 1. The summed E-state index contributed by atoms with van der Waals surface area (Å²) in [5.74, 6) is 0.402. The van der Waals surface area contributed by atoms with E-state index in [0.717, 1.165) is 29.4 Å². The Balaban J connectivity index is 1.55. The van der Waals surface area contributed by atoms with E-state index >= 15 is 4.39 Å². The van der Waals surface area contributed by atoms with Crippen molar-refractivity contribution in [2.24, 2.45) is 5.92 Å². The second-order valence-electron chi connectivity index (χ2n) is 12.4. The molecule has 0 aromatic carbocycles. The smallest absolute Gasteiger partial charge is 0.330 e. The highest BCUT2D eigenvalue weighted by Crippen LogP contribution is 2.75. The molecule has 8 atom stereocenters. The van der Waals surface area contributed by atoms with Crippen LogP contribution >= 0.6 is 17.1 Å². The lowest BCUT2D eigenvalue weighted by molar-refractivity contribution is -0.0440.